The number of hydrogen-bond acceptors (Lipinski definition) is 5. The van der Waals surface area contributed by atoms with Crippen molar-refractivity contribution in [1.29, 1.82) is 0 Å². The molecule has 2 aromatic rings. The summed E-state index contributed by atoms with van der Waals surface area (Å²) in [6.45, 7) is 6.66. The monoisotopic (exact) mass is 377 g/mol. The number of thiazole rings is 1. The van der Waals surface area contributed by atoms with E-state index in [0.29, 0.717) is 18.5 Å². The molecule has 1 fully saturated rings. The van der Waals surface area contributed by atoms with Crippen molar-refractivity contribution in [2.45, 2.75) is 56.0 Å². The molecule has 0 bridgehead atoms. The molecule has 1 aliphatic heterocycles. The van der Waals surface area contributed by atoms with Crippen LogP contribution in [0.4, 0.5) is 0 Å². The van der Waals surface area contributed by atoms with E-state index in [1.54, 1.807) is 23.1 Å². The van der Waals surface area contributed by atoms with Gasteiger partial charge in [-0.2, -0.15) is 0 Å². The first-order chi connectivity index (χ1) is 12.1. The third-order valence-electron chi connectivity index (χ3n) is 4.67. The molecule has 1 amide bonds. The van der Waals surface area contributed by atoms with Crippen molar-refractivity contribution in [2.75, 3.05) is 18.8 Å². The van der Waals surface area contributed by atoms with Crippen molar-refractivity contribution in [3.63, 3.8) is 0 Å². The fourth-order valence-corrected chi connectivity index (χ4v) is 5.24. The van der Waals surface area contributed by atoms with Gasteiger partial charge in [-0.25, -0.2) is 4.98 Å². The molecule has 0 spiro atoms. The van der Waals surface area contributed by atoms with E-state index in [2.05, 4.69) is 35.1 Å². The molecule has 4 nitrogen and oxygen atoms in total. The summed E-state index contributed by atoms with van der Waals surface area (Å²) in [6, 6.07) is 9.19. The Kier molecular flexibility index (Phi) is 6.73. The van der Waals surface area contributed by atoms with E-state index in [1.807, 2.05) is 18.2 Å². The lowest BCUT2D eigenvalue weighted by atomic mass is 10.0. The summed E-state index contributed by atoms with van der Waals surface area (Å²) < 4.78 is 2.33. The molecule has 0 aliphatic carbocycles. The molecule has 0 saturated carbocycles. The maximum atomic E-state index is 12.1. The summed E-state index contributed by atoms with van der Waals surface area (Å²) >= 11 is 3.49. The van der Waals surface area contributed by atoms with Crippen LogP contribution in [-0.2, 0) is 4.79 Å². The number of fused-ring (bicyclic) bond motifs is 1. The van der Waals surface area contributed by atoms with Gasteiger partial charge in [0, 0.05) is 37.3 Å². The number of aromatic nitrogens is 1. The Hall–Kier alpha value is -1.11. The Balaban J connectivity index is 1.33. The van der Waals surface area contributed by atoms with E-state index in [1.165, 1.54) is 4.70 Å². The number of benzene rings is 1. The first kappa shape index (κ1) is 18.7. The van der Waals surface area contributed by atoms with Crippen molar-refractivity contribution in [2.24, 2.45) is 0 Å². The molecule has 0 unspecified atom stereocenters. The van der Waals surface area contributed by atoms with Crippen molar-refractivity contribution in [1.82, 2.24) is 15.2 Å². The molecule has 6 heteroatoms. The summed E-state index contributed by atoms with van der Waals surface area (Å²) in [5, 5.41) is 3.21. The van der Waals surface area contributed by atoms with Gasteiger partial charge in [-0.15, -0.1) is 11.3 Å². The molecule has 1 aromatic heterocycles. The van der Waals surface area contributed by atoms with E-state index < -0.39 is 0 Å². The minimum atomic E-state index is 0.202. The largest absolute Gasteiger partial charge is 0.353 e. The van der Waals surface area contributed by atoms with Crippen molar-refractivity contribution in [3.05, 3.63) is 24.3 Å². The average Bonchev–Trinajstić information content (AvgIpc) is 3.02. The number of carbonyl (C=O) groups excluding carboxylic acids is 1. The van der Waals surface area contributed by atoms with E-state index in [0.717, 1.165) is 48.0 Å². The maximum Gasteiger partial charge on any atom is 0.220 e. The predicted octanol–water partition coefficient (Wildman–Crippen LogP) is 4.16. The number of thioether (sulfide) groups is 1. The van der Waals surface area contributed by atoms with Crippen LogP contribution in [0.25, 0.3) is 10.2 Å². The van der Waals surface area contributed by atoms with Gasteiger partial charge in [0.05, 0.1) is 10.2 Å². The van der Waals surface area contributed by atoms with Crippen LogP contribution < -0.4 is 5.32 Å². The number of carbonyl (C=O) groups is 1. The van der Waals surface area contributed by atoms with Crippen LogP contribution in [0.2, 0.25) is 0 Å². The standard InChI is InChI=1S/C19H27N3OS2/c1-14(2)22-11-9-15(10-12-22)20-18(23)8-5-13-24-19-21-16-6-3-4-7-17(16)25-19/h3-4,6-7,14-15H,5,8-13H2,1-2H3,(H,20,23). The number of nitrogens with zero attached hydrogens (tertiary/aromatic N) is 2. The molecule has 136 valence electrons. The Morgan fingerprint density at radius 3 is 2.84 bits per heavy atom. The summed E-state index contributed by atoms with van der Waals surface area (Å²) in [5.74, 6) is 1.15. The summed E-state index contributed by atoms with van der Waals surface area (Å²) in [5.41, 5.74) is 1.07. The minimum Gasteiger partial charge on any atom is -0.353 e. The number of rotatable bonds is 7. The van der Waals surface area contributed by atoms with Gasteiger partial charge >= 0.3 is 0 Å². The molecule has 3 rings (SSSR count). The number of para-hydroxylation sites is 1. The van der Waals surface area contributed by atoms with Gasteiger partial charge in [-0.3, -0.25) is 4.79 Å². The molecule has 1 saturated heterocycles. The molecule has 0 radical (unpaired) electrons. The summed E-state index contributed by atoms with van der Waals surface area (Å²) in [7, 11) is 0. The number of piperidine rings is 1. The van der Waals surface area contributed by atoms with Gasteiger partial charge in [0.25, 0.3) is 0 Å². The van der Waals surface area contributed by atoms with Crippen LogP contribution in [0.3, 0.4) is 0 Å². The first-order valence-corrected chi connectivity index (χ1v) is 10.9. The van der Waals surface area contributed by atoms with Gasteiger partial charge in [0.15, 0.2) is 4.34 Å². The zero-order chi connectivity index (χ0) is 17.6. The fraction of sp³-hybridized carbons (Fsp3) is 0.579. The lowest BCUT2D eigenvalue weighted by Crippen LogP contribution is -2.46. The van der Waals surface area contributed by atoms with Crippen molar-refractivity contribution < 1.29 is 4.79 Å². The van der Waals surface area contributed by atoms with Gasteiger partial charge in [0.1, 0.15) is 0 Å². The minimum absolute atomic E-state index is 0.202. The highest BCUT2D eigenvalue weighted by Crippen LogP contribution is 2.29. The van der Waals surface area contributed by atoms with Crippen molar-refractivity contribution >= 4 is 39.2 Å². The van der Waals surface area contributed by atoms with Crippen LogP contribution in [0.15, 0.2) is 28.6 Å². The van der Waals surface area contributed by atoms with Gasteiger partial charge < -0.3 is 10.2 Å². The van der Waals surface area contributed by atoms with Crippen LogP contribution in [-0.4, -0.2) is 46.7 Å². The lowest BCUT2D eigenvalue weighted by Gasteiger charge is -2.34. The summed E-state index contributed by atoms with van der Waals surface area (Å²) in [6.07, 6.45) is 3.66. The van der Waals surface area contributed by atoms with Gasteiger partial charge in [0.2, 0.25) is 5.91 Å². The molecular formula is C19H27N3OS2. The maximum absolute atomic E-state index is 12.1. The molecule has 1 N–H and O–H groups in total. The second kappa shape index (κ2) is 9.01. The normalized spacial score (nSPS) is 16.6. The number of amides is 1. The highest BCUT2D eigenvalue weighted by atomic mass is 32.2. The zero-order valence-electron chi connectivity index (χ0n) is 15.0. The third kappa shape index (κ3) is 5.43. The Morgan fingerprint density at radius 2 is 2.12 bits per heavy atom. The molecule has 25 heavy (non-hydrogen) atoms. The molecule has 1 aromatic carbocycles. The fourth-order valence-electron chi connectivity index (χ4n) is 3.17. The Labute approximate surface area is 158 Å². The quantitative estimate of drug-likeness (QED) is 0.581. The molecule has 2 heterocycles. The lowest BCUT2D eigenvalue weighted by molar-refractivity contribution is -0.122. The van der Waals surface area contributed by atoms with Crippen LogP contribution in [0, 0.1) is 0 Å². The number of hydrogen-bond donors (Lipinski definition) is 1. The molecular weight excluding hydrogens is 350 g/mol. The smallest absolute Gasteiger partial charge is 0.220 e. The van der Waals surface area contributed by atoms with Crippen LogP contribution in [0.1, 0.15) is 39.5 Å². The van der Waals surface area contributed by atoms with Crippen molar-refractivity contribution in [3.8, 4) is 0 Å². The molecule has 0 atom stereocenters. The average molecular weight is 378 g/mol. The van der Waals surface area contributed by atoms with E-state index >= 15 is 0 Å². The molecule has 1 aliphatic rings. The SMILES string of the molecule is CC(C)N1CCC(NC(=O)CCCSc2nc3ccccc3s2)CC1. The van der Waals surface area contributed by atoms with Crippen LogP contribution in [0.5, 0.6) is 0 Å². The highest BCUT2D eigenvalue weighted by molar-refractivity contribution is 8.01. The topological polar surface area (TPSA) is 45.2 Å². The number of nitrogens with one attached hydrogen (secondary N) is 1. The number of likely N-dealkylation sites (tertiary alicyclic amines) is 1. The van der Waals surface area contributed by atoms with Crippen LogP contribution >= 0.6 is 23.1 Å². The van der Waals surface area contributed by atoms with Gasteiger partial charge in [-0.05, 0) is 45.2 Å². The predicted molar refractivity (Wildman–Crippen MR) is 107 cm³/mol. The van der Waals surface area contributed by atoms with E-state index in [9.17, 15) is 4.79 Å². The van der Waals surface area contributed by atoms with E-state index in [4.69, 9.17) is 0 Å². The second-order valence-electron chi connectivity index (χ2n) is 6.87. The second-order valence-corrected chi connectivity index (χ2v) is 9.24. The zero-order valence-corrected chi connectivity index (χ0v) is 16.7. The summed E-state index contributed by atoms with van der Waals surface area (Å²) in [4.78, 5) is 19.2. The Morgan fingerprint density at radius 1 is 1.36 bits per heavy atom. The van der Waals surface area contributed by atoms with E-state index in [-0.39, 0.29) is 5.91 Å². The highest BCUT2D eigenvalue weighted by Gasteiger charge is 2.21. The first-order valence-electron chi connectivity index (χ1n) is 9.13. The Bertz CT molecular complexity index is 660. The third-order valence-corrected chi connectivity index (χ3v) is 6.94. The van der Waals surface area contributed by atoms with Gasteiger partial charge in [-0.1, -0.05) is 23.9 Å².